The number of aryl methyl sites for hydroxylation is 2. The Bertz CT molecular complexity index is 1390. The fourth-order valence-electron chi connectivity index (χ4n) is 4.30. The third-order valence-electron chi connectivity index (χ3n) is 5.84. The van der Waals surface area contributed by atoms with Crippen LogP contribution in [0, 0.1) is 5.82 Å². The van der Waals surface area contributed by atoms with Crippen LogP contribution in [0.3, 0.4) is 0 Å². The number of alkyl halides is 3. The van der Waals surface area contributed by atoms with Crippen molar-refractivity contribution in [2.45, 2.75) is 19.1 Å². The van der Waals surface area contributed by atoms with Gasteiger partial charge in [0, 0.05) is 38.6 Å². The lowest BCUT2D eigenvalue weighted by Crippen LogP contribution is -2.36. The summed E-state index contributed by atoms with van der Waals surface area (Å²) >= 11 is 0. The van der Waals surface area contributed by atoms with Crippen molar-refractivity contribution in [3.8, 4) is 17.1 Å². The van der Waals surface area contributed by atoms with Crippen molar-refractivity contribution in [3.05, 3.63) is 71.1 Å². The molecule has 0 spiro atoms. The van der Waals surface area contributed by atoms with Gasteiger partial charge in [-0.1, -0.05) is 0 Å². The molecule has 4 heterocycles. The summed E-state index contributed by atoms with van der Waals surface area (Å²) in [7, 11) is 3.09. The van der Waals surface area contributed by atoms with Gasteiger partial charge in [0.2, 0.25) is 0 Å². The van der Waals surface area contributed by atoms with Crippen molar-refractivity contribution in [3.63, 3.8) is 0 Å². The Kier molecular flexibility index (Phi) is 5.03. The number of hydrogen-bond acceptors (Lipinski definition) is 4. The molecular formula is C22H19F4N7O. The highest BCUT2D eigenvalue weighted by Gasteiger charge is 2.36. The highest BCUT2D eigenvalue weighted by atomic mass is 19.4. The first kappa shape index (κ1) is 21.9. The molecule has 34 heavy (non-hydrogen) atoms. The lowest BCUT2D eigenvalue weighted by atomic mass is 10.0. The van der Waals surface area contributed by atoms with E-state index in [1.165, 1.54) is 39.3 Å². The first-order chi connectivity index (χ1) is 16.1. The normalized spacial score (nSPS) is 13.9. The van der Waals surface area contributed by atoms with Gasteiger partial charge in [0.1, 0.15) is 5.82 Å². The molecule has 0 aliphatic carbocycles. The Morgan fingerprint density at radius 1 is 1.09 bits per heavy atom. The maximum atomic E-state index is 14.0. The van der Waals surface area contributed by atoms with E-state index in [9.17, 15) is 22.4 Å². The quantitative estimate of drug-likeness (QED) is 0.428. The summed E-state index contributed by atoms with van der Waals surface area (Å²) in [4.78, 5) is 14.9. The van der Waals surface area contributed by atoms with E-state index >= 15 is 0 Å². The van der Waals surface area contributed by atoms with Crippen LogP contribution in [-0.4, -0.2) is 46.7 Å². The fourth-order valence-corrected chi connectivity index (χ4v) is 4.30. The number of carbonyl (C=O) groups is 1. The predicted molar refractivity (Wildman–Crippen MR) is 112 cm³/mol. The van der Waals surface area contributed by atoms with E-state index in [1.807, 2.05) is 0 Å². The van der Waals surface area contributed by atoms with E-state index in [1.54, 1.807) is 30.4 Å². The van der Waals surface area contributed by atoms with Crippen LogP contribution in [0.5, 0.6) is 0 Å². The van der Waals surface area contributed by atoms with Gasteiger partial charge in [0.15, 0.2) is 5.69 Å². The molecule has 8 nitrogen and oxygen atoms in total. The van der Waals surface area contributed by atoms with E-state index in [0.717, 1.165) is 11.6 Å². The molecule has 3 aromatic heterocycles. The highest BCUT2D eigenvalue weighted by molar-refractivity contribution is 5.98. The SMILES string of the molecule is Cn1nc(C(F)(F)F)cc1-c1c2c(nn1C)CN(C(=O)c1cc(F)ccc1-n1cccn1)CC2. The van der Waals surface area contributed by atoms with Crippen LogP contribution in [0.25, 0.3) is 17.1 Å². The topological polar surface area (TPSA) is 73.8 Å². The molecule has 12 heteroatoms. The summed E-state index contributed by atoms with van der Waals surface area (Å²) in [5.41, 5.74) is 1.76. The fraction of sp³-hybridized carbons (Fsp3) is 0.273. The van der Waals surface area contributed by atoms with E-state index in [2.05, 4.69) is 15.3 Å². The molecule has 176 valence electrons. The second kappa shape index (κ2) is 7.82. The molecule has 0 atom stereocenters. The maximum absolute atomic E-state index is 14.0. The summed E-state index contributed by atoms with van der Waals surface area (Å²) in [5, 5.41) is 12.2. The zero-order valence-electron chi connectivity index (χ0n) is 18.2. The molecule has 1 amide bonds. The summed E-state index contributed by atoms with van der Waals surface area (Å²) in [6.45, 7) is 0.435. The summed E-state index contributed by atoms with van der Waals surface area (Å²) in [6, 6.07) is 6.62. The zero-order chi connectivity index (χ0) is 24.2. The number of halogens is 4. The predicted octanol–water partition coefficient (Wildman–Crippen LogP) is 3.36. The first-order valence-corrected chi connectivity index (χ1v) is 10.4. The van der Waals surface area contributed by atoms with Crippen LogP contribution in [-0.2, 0) is 33.2 Å². The lowest BCUT2D eigenvalue weighted by molar-refractivity contribution is -0.141. The third kappa shape index (κ3) is 3.64. The van der Waals surface area contributed by atoms with Crippen molar-refractivity contribution >= 4 is 5.91 Å². The Hall–Kier alpha value is -3.96. The summed E-state index contributed by atoms with van der Waals surface area (Å²) in [5.74, 6) is -0.934. The lowest BCUT2D eigenvalue weighted by Gasteiger charge is -2.27. The second-order valence-electron chi connectivity index (χ2n) is 8.02. The molecule has 1 aliphatic rings. The van der Waals surface area contributed by atoms with Gasteiger partial charge in [-0.05, 0) is 36.8 Å². The zero-order valence-corrected chi connectivity index (χ0v) is 18.2. The molecule has 0 radical (unpaired) electrons. The largest absolute Gasteiger partial charge is 0.435 e. The van der Waals surface area contributed by atoms with E-state index in [4.69, 9.17) is 0 Å². The van der Waals surface area contributed by atoms with E-state index < -0.39 is 17.7 Å². The van der Waals surface area contributed by atoms with Gasteiger partial charge in [-0.25, -0.2) is 9.07 Å². The molecule has 0 N–H and O–H groups in total. The minimum Gasteiger partial charge on any atom is -0.332 e. The number of nitrogens with zero attached hydrogens (tertiary/aromatic N) is 7. The molecule has 4 aromatic rings. The van der Waals surface area contributed by atoms with Crippen molar-refractivity contribution in [1.82, 2.24) is 34.2 Å². The standard InChI is InChI=1S/C22H19F4N7O/c1-30-18(11-19(29-30)22(24,25)26)20-14-6-9-32(12-16(14)28-31(20)2)21(34)15-10-13(23)4-5-17(15)33-8-3-7-27-33/h3-5,7-8,10-11H,6,9,12H2,1-2H3. The van der Waals surface area contributed by atoms with Gasteiger partial charge >= 0.3 is 6.18 Å². The van der Waals surface area contributed by atoms with Gasteiger partial charge < -0.3 is 4.90 Å². The minimum absolute atomic E-state index is 0.140. The van der Waals surface area contributed by atoms with Gasteiger partial charge in [-0.15, -0.1) is 0 Å². The molecule has 5 rings (SSSR count). The van der Waals surface area contributed by atoms with Crippen LogP contribution in [0.2, 0.25) is 0 Å². The first-order valence-electron chi connectivity index (χ1n) is 10.4. The molecule has 1 aliphatic heterocycles. The van der Waals surface area contributed by atoms with Crippen molar-refractivity contribution in [2.24, 2.45) is 14.1 Å². The molecule has 0 unspecified atom stereocenters. The Morgan fingerprint density at radius 3 is 2.56 bits per heavy atom. The average Bonchev–Trinajstić information content (AvgIpc) is 3.50. The number of benzene rings is 1. The summed E-state index contributed by atoms with van der Waals surface area (Å²) < 4.78 is 57.6. The molecule has 0 saturated heterocycles. The number of amides is 1. The second-order valence-corrected chi connectivity index (χ2v) is 8.02. The Labute approximate surface area is 191 Å². The molecule has 0 saturated carbocycles. The van der Waals surface area contributed by atoms with Crippen molar-refractivity contribution < 1.29 is 22.4 Å². The number of rotatable bonds is 3. The van der Waals surface area contributed by atoms with Crippen LogP contribution in [0.4, 0.5) is 17.6 Å². The van der Waals surface area contributed by atoms with E-state index in [-0.39, 0.29) is 23.7 Å². The van der Waals surface area contributed by atoms with Gasteiger partial charge in [0.05, 0.1) is 34.9 Å². The van der Waals surface area contributed by atoms with Crippen LogP contribution in [0.1, 0.15) is 27.3 Å². The molecule has 1 aromatic carbocycles. The van der Waals surface area contributed by atoms with Gasteiger partial charge in [-0.2, -0.15) is 28.5 Å². The number of aromatic nitrogens is 6. The minimum atomic E-state index is -4.56. The average molecular weight is 473 g/mol. The smallest absolute Gasteiger partial charge is 0.332 e. The maximum Gasteiger partial charge on any atom is 0.435 e. The number of hydrogen-bond donors (Lipinski definition) is 0. The Balaban J connectivity index is 1.48. The Morgan fingerprint density at radius 2 is 1.88 bits per heavy atom. The number of carbonyl (C=O) groups excluding carboxylic acids is 1. The number of fused-ring (bicyclic) bond motifs is 1. The highest BCUT2D eigenvalue weighted by Crippen LogP contribution is 2.35. The van der Waals surface area contributed by atoms with Gasteiger partial charge in [-0.3, -0.25) is 14.2 Å². The van der Waals surface area contributed by atoms with Gasteiger partial charge in [0.25, 0.3) is 5.91 Å². The summed E-state index contributed by atoms with van der Waals surface area (Å²) in [6.07, 6.45) is -0.965. The van der Waals surface area contributed by atoms with Crippen molar-refractivity contribution in [1.29, 1.82) is 0 Å². The van der Waals surface area contributed by atoms with E-state index in [0.29, 0.717) is 30.0 Å². The monoisotopic (exact) mass is 473 g/mol. The molecule has 0 fully saturated rings. The molecule has 0 bridgehead atoms. The van der Waals surface area contributed by atoms with Crippen LogP contribution >= 0.6 is 0 Å². The molecular weight excluding hydrogens is 454 g/mol. The van der Waals surface area contributed by atoms with Crippen LogP contribution in [0.15, 0.2) is 42.7 Å². The van der Waals surface area contributed by atoms with Crippen molar-refractivity contribution in [2.75, 3.05) is 6.54 Å². The third-order valence-corrected chi connectivity index (χ3v) is 5.84. The van der Waals surface area contributed by atoms with Crippen LogP contribution < -0.4 is 0 Å².